The summed E-state index contributed by atoms with van der Waals surface area (Å²) in [7, 11) is 0. The molecule has 2 fully saturated rings. The van der Waals surface area contributed by atoms with E-state index in [1.807, 2.05) is 4.90 Å². The van der Waals surface area contributed by atoms with E-state index in [9.17, 15) is 9.59 Å². The largest absolute Gasteiger partial charge is 0.341 e. The fourth-order valence-electron chi connectivity index (χ4n) is 3.57. The maximum atomic E-state index is 12.5. The molecule has 0 aromatic rings. The quantitative estimate of drug-likeness (QED) is 0.737. The summed E-state index contributed by atoms with van der Waals surface area (Å²) >= 11 is 0. The molecule has 0 radical (unpaired) electrons. The predicted octanol–water partition coefficient (Wildman–Crippen LogP) is 2.08. The first-order valence-corrected chi connectivity index (χ1v) is 10.7. The zero-order chi connectivity index (χ0) is 20.4. The van der Waals surface area contributed by atoms with Gasteiger partial charge >= 0.3 is 0 Å². The van der Waals surface area contributed by atoms with E-state index in [1.54, 1.807) is 4.90 Å². The Kier molecular flexibility index (Phi) is 10.9. The average Bonchev–Trinajstić information content (AvgIpc) is 2.58. The lowest BCUT2D eigenvalue weighted by Gasteiger charge is -2.36. The Labute approximate surface area is 166 Å². The van der Waals surface area contributed by atoms with Crippen LogP contribution in [-0.2, 0) is 9.59 Å². The molecule has 2 aliphatic rings. The summed E-state index contributed by atoms with van der Waals surface area (Å²) in [6.45, 7) is 14.7. The van der Waals surface area contributed by atoms with Crippen molar-refractivity contribution >= 4 is 11.8 Å². The van der Waals surface area contributed by atoms with E-state index in [0.29, 0.717) is 18.4 Å². The maximum Gasteiger partial charge on any atom is 0.242 e. The van der Waals surface area contributed by atoms with Gasteiger partial charge < -0.3 is 20.9 Å². The number of carbonyl (C=O) groups excluding carboxylic acids is 2. The van der Waals surface area contributed by atoms with E-state index in [2.05, 4.69) is 39.9 Å². The number of hydrogen-bond acceptors (Lipinski definition) is 4. The second-order valence-electron chi connectivity index (χ2n) is 9.03. The van der Waals surface area contributed by atoms with Crippen LogP contribution in [0.25, 0.3) is 0 Å². The number of piperidine rings is 1. The van der Waals surface area contributed by atoms with Gasteiger partial charge in [-0.3, -0.25) is 9.59 Å². The summed E-state index contributed by atoms with van der Waals surface area (Å²) in [5.41, 5.74) is 5.61. The number of rotatable bonds is 6. The number of piperazine rings is 1. The lowest BCUT2D eigenvalue weighted by Crippen LogP contribution is -2.57. The zero-order valence-corrected chi connectivity index (χ0v) is 18.2. The van der Waals surface area contributed by atoms with Gasteiger partial charge in [-0.15, -0.1) is 0 Å². The maximum absolute atomic E-state index is 12.5. The number of hydrogen-bond donors (Lipinski definition) is 2. The summed E-state index contributed by atoms with van der Waals surface area (Å²) < 4.78 is 0. The van der Waals surface area contributed by atoms with E-state index in [1.165, 1.54) is 0 Å². The molecule has 1 atom stereocenters. The predicted molar refractivity (Wildman–Crippen MR) is 111 cm³/mol. The first-order chi connectivity index (χ1) is 12.7. The Balaban J connectivity index is 0.000000828. The van der Waals surface area contributed by atoms with E-state index < -0.39 is 0 Å². The van der Waals surface area contributed by atoms with Crippen LogP contribution in [-0.4, -0.2) is 66.9 Å². The molecule has 158 valence electrons. The van der Waals surface area contributed by atoms with Gasteiger partial charge in [0.05, 0.1) is 12.6 Å². The molecule has 6 heteroatoms. The van der Waals surface area contributed by atoms with Gasteiger partial charge in [0, 0.05) is 26.2 Å². The van der Waals surface area contributed by atoms with Crippen molar-refractivity contribution < 1.29 is 9.59 Å². The minimum Gasteiger partial charge on any atom is -0.341 e. The van der Waals surface area contributed by atoms with Crippen LogP contribution in [0.4, 0.5) is 0 Å². The van der Waals surface area contributed by atoms with Crippen LogP contribution < -0.4 is 11.1 Å². The number of nitrogens with zero attached hydrogens (tertiary/aromatic N) is 2. The highest BCUT2D eigenvalue weighted by Crippen LogP contribution is 2.20. The number of nitrogens with two attached hydrogens (primary N) is 1. The highest BCUT2D eigenvalue weighted by Gasteiger charge is 2.31. The van der Waals surface area contributed by atoms with Crippen LogP contribution in [0.3, 0.4) is 0 Å². The second kappa shape index (κ2) is 12.3. The first kappa shape index (κ1) is 23.9. The third kappa shape index (κ3) is 9.06. The molecule has 0 aromatic carbocycles. The highest BCUT2D eigenvalue weighted by molar-refractivity contribution is 5.88. The molecule has 0 bridgehead atoms. The van der Waals surface area contributed by atoms with Crippen molar-refractivity contribution in [2.75, 3.05) is 39.3 Å². The Hall–Kier alpha value is -1.14. The van der Waals surface area contributed by atoms with Crippen molar-refractivity contribution in [1.82, 2.24) is 15.1 Å². The normalized spacial score (nSPS) is 21.5. The average molecular weight is 383 g/mol. The Bertz CT molecular complexity index is 443. The number of nitrogens with one attached hydrogen (secondary N) is 1. The molecule has 3 N–H and O–H groups in total. The summed E-state index contributed by atoms with van der Waals surface area (Å²) in [4.78, 5) is 28.6. The number of likely N-dealkylation sites (tertiary alicyclic amines) is 1. The Morgan fingerprint density at radius 3 is 2.26 bits per heavy atom. The minimum absolute atomic E-state index is 0.0799. The van der Waals surface area contributed by atoms with Gasteiger partial charge in [-0.05, 0) is 50.0 Å². The fraction of sp³-hybridized carbons (Fsp3) is 0.905. The van der Waals surface area contributed by atoms with Crippen molar-refractivity contribution in [3.05, 3.63) is 0 Å². The molecule has 27 heavy (non-hydrogen) atoms. The monoisotopic (exact) mass is 382 g/mol. The summed E-state index contributed by atoms with van der Waals surface area (Å²) in [5, 5.41) is 3.27. The van der Waals surface area contributed by atoms with Crippen LogP contribution >= 0.6 is 0 Å². The van der Waals surface area contributed by atoms with Gasteiger partial charge in [0.15, 0.2) is 0 Å². The number of amides is 2. The third-order valence-electron chi connectivity index (χ3n) is 4.96. The van der Waals surface area contributed by atoms with E-state index in [4.69, 9.17) is 5.73 Å². The van der Waals surface area contributed by atoms with E-state index >= 15 is 0 Å². The van der Waals surface area contributed by atoms with Crippen LogP contribution in [0.15, 0.2) is 0 Å². The topological polar surface area (TPSA) is 78.7 Å². The molecule has 0 aliphatic carbocycles. The van der Waals surface area contributed by atoms with Crippen LogP contribution in [0.2, 0.25) is 0 Å². The summed E-state index contributed by atoms with van der Waals surface area (Å²) in [6.07, 6.45) is 3.95. The Morgan fingerprint density at radius 2 is 1.74 bits per heavy atom. The molecule has 2 aliphatic heterocycles. The van der Waals surface area contributed by atoms with Gasteiger partial charge in [0.1, 0.15) is 0 Å². The highest BCUT2D eigenvalue weighted by atomic mass is 16.2. The van der Waals surface area contributed by atoms with Crippen molar-refractivity contribution in [2.24, 2.45) is 23.5 Å². The number of carbonyl (C=O) groups is 2. The van der Waals surface area contributed by atoms with E-state index in [0.717, 1.165) is 57.8 Å². The van der Waals surface area contributed by atoms with Gasteiger partial charge in [-0.2, -0.15) is 0 Å². The molecular formula is C21H42N4O2. The van der Waals surface area contributed by atoms with Gasteiger partial charge in [-0.1, -0.05) is 34.6 Å². The van der Waals surface area contributed by atoms with Crippen LogP contribution in [0, 0.1) is 17.8 Å². The smallest absolute Gasteiger partial charge is 0.242 e. The van der Waals surface area contributed by atoms with Crippen molar-refractivity contribution in [2.45, 2.75) is 66.3 Å². The minimum atomic E-state index is -0.133. The lowest BCUT2D eigenvalue weighted by molar-refractivity contribution is -0.144. The molecule has 2 heterocycles. The van der Waals surface area contributed by atoms with Gasteiger partial charge in [0.25, 0.3) is 0 Å². The molecular weight excluding hydrogens is 340 g/mol. The van der Waals surface area contributed by atoms with E-state index in [-0.39, 0.29) is 24.4 Å². The third-order valence-corrected chi connectivity index (χ3v) is 4.96. The first-order valence-electron chi connectivity index (χ1n) is 10.7. The molecule has 2 rings (SSSR count). The molecule has 0 saturated carbocycles. The van der Waals surface area contributed by atoms with Crippen molar-refractivity contribution in [3.63, 3.8) is 0 Å². The van der Waals surface area contributed by atoms with Gasteiger partial charge in [0.2, 0.25) is 11.8 Å². The van der Waals surface area contributed by atoms with Crippen molar-refractivity contribution in [1.29, 1.82) is 0 Å². The molecule has 2 amide bonds. The summed E-state index contributed by atoms with van der Waals surface area (Å²) in [6, 6.07) is -0.133. The zero-order valence-electron chi connectivity index (χ0n) is 18.2. The SMILES string of the molecule is CC(C)C.CC(C)CC1NCCN(CC(=O)N2CCC(CCN)CC2)C1=O. The molecule has 6 nitrogen and oxygen atoms in total. The van der Waals surface area contributed by atoms with Crippen LogP contribution in [0.1, 0.15) is 60.3 Å². The molecule has 0 spiro atoms. The lowest BCUT2D eigenvalue weighted by atomic mass is 9.93. The summed E-state index contributed by atoms with van der Waals surface area (Å²) in [5.74, 6) is 2.13. The molecule has 0 aromatic heterocycles. The van der Waals surface area contributed by atoms with Crippen LogP contribution in [0.5, 0.6) is 0 Å². The Morgan fingerprint density at radius 1 is 1.15 bits per heavy atom. The fourth-order valence-corrected chi connectivity index (χ4v) is 3.57. The second-order valence-corrected chi connectivity index (χ2v) is 9.03. The standard InChI is InChI=1S/C17H32N4O2.C4H10/c1-13(2)11-15-17(23)21(10-7-19-15)12-16(22)20-8-4-14(3-6-18)5-9-20;1-4(2)3/h13-15,19H,3-12,18H2,1-2H3;4H,1-3H3. The van der Waals surface area contributed by atoms with Gasteiger partial charge in [-0.25, -0.2) is 0 Å². The molecule has 1 unspecified atom stereocenters. The molecule has 2 saturated heterocycles. The van der Waals surface area contributed by atoms with Crippen molar-refractivity contribution in [3.8, 4) is 0 Å².